The summed E-state index contributed by atoms with van der Waals surface area (Å²) in [6.45, 7) is 2.70. The standard InChI is InChI=1S/C17H29N5O8/c1-7(23)12(19)16(28)22-5-3-4-10(22)15(27)20-9(6-11(18)25)14(26)21-13(8(2)24)17(29)30/h7-10,12-13,23-24H,3-6,19H2,1-2H3,(H2,18,25)(H,20,27)(H,21,26)(H,29,30). The Kier molecular flexibility index (Phi) is 9.14. The van der Waals surface area contributed by atoms with E-state index in [4.69, 9.17) is 16.6 Å². The molecule has 6 unspecified atom stereocenters. The van der Waals surface area contributed by atoms with E-state index in [0.717, 1.165) is 6.92 Å². The van der Waals surface area contributed by atoms with Gasteiger partial charge < -0.3 is 42.3 Å². The van der Waals surface area contributed by atoms with Crippen molar-refractivity contribution in [3.63, 3.8) is 0 Å². The third kappa shape index (κ3) is 6.64. The Labute approximate surface area is 172 Å². The predicted molar refractivity (Wildman–Crippen MR) is 101 cm³/mol. The Bertz CT molecular complexity index is 683. The Morgan fingerprint density at radius 1 is 1.10 bits per heavy atom. The summed E-state index contributed by atoms with van der Waals surface area (Å²) in [4.78, 5) is 61.2. The number of rotatable bonds is 10. The van der Waals surface area contributed by atoms with Crippen LogP contribution in [0, 0.1) is 0 Å². The summed E-state index contributed by atoms with van der Waals surface area (Å²) in [5, 5.41) is 32.4. The van der Waals surface area contributed by atoms with Crippen LogP contribution in [0.1, 0.15) is 33.1 Å². The summed E-state index contributed by atoms with van der Waals surface area (Å²) >= 11 is 0. The minimum absolute atomic E-state index is 0.215. The first-order chi connectivity index (χ1) is 13.9. The molecule has 0 radical (unpaired) electrons. The van der Waals surface area contributed by atoms with Crippen molar-refractivity contribution in [2.45, 2.75) is 69.5 Å². The van der Waals surface area contributed by atoms with E-state index >= 15 is 0 Å². The number of carbonyl (C=O) groups is 5. The van der Waals surface area contributed by atoms with Crippen LogP contribution in [0.15, 0.2) is 0 Å². The highest BCUT2D eigenvalue weighted by atomic mass is 16.4. The molecular formula is C17H29N5O8. The molecule has 0 aromatic heterocycles. The molecule has 9 N–H and O–H groups in total. The van der Waals surface area contributed by atoms with Gasteiger partial charge in [0.1, 0.15) is 18.1 Å². The summed E-state index contributed by atoms with van der Waals surface area (Å²) < 4.78 is 0. The maximum Gasteiger partial charge on any atom is 0.328 e. The van der Waals surface area contributed by atoms with Gasteiger partial charge in [0.05, 0.1) is 18.6 Å². The predicted octanol–water partition coefficient (Wildman–Crippen LogP) is -4.00. The molecule has 1 aliphatic heterocycles. The van der Waals surface area contributed by atoms with E-state index in [1.54, 1.807) is 0 Å². The number of amides is 4. The van der Waals surface area contributed by atoms with Crippen LogP contribution in [-0.2, 0) is 24.0 Å². The van der Waals surface area contributed by atoms with Crippen LogP contribution in [0.3, 0.4) is 0 Å². The summed E-state index contributed by atoms with van der Waals surface area (Å²) in [7, 11) is 0. The highest BCUT2D eigenvalue weighted by molar-refractivity contribution is 5.96. The van der Waals surface area contributed by atoms with E-state index in [2.05, 4.69) is 5.32 Å². The Morgan fingerprint density at radius 3 is 2.17 bits per heavy atom. The molecule has 1 rings (SSSR count). The second-order valence-corrected chi connectivity index (χ2v) is 7.25. The molecule has 0 bridgehead atoms. The minimum Gasteiger partial charge on any atom is -0.480 e. The monoisotopic (exact) mass is 431 g/mol. The number of carboxylic acid groups (broad SMARTS) is 1. The summed E-state index contributed by atoms with van der Waals surface area (Å²) in [6.07, 6.45) is -2.46. The lowest BCUT2D eigenvalue weighted by Crippen LogP contribution is -2.59. The maximum atomic E-state index is 12.7. The van der Waals surface area contributed by atoms with E-state index < -0.39 is 72.4 Å². The fourth-order valence-electron chi connectivity index (χ4n) is 3.02. The number of hydrogen-bond acceptors (Lipinski definition) is 8. The lowest BCUT2D eigenvalue weighted by atomic mass is 10.1. The van der Waals surface area contributed by atoms with Gasteiger partial charge in [0.15, 0.2) is 6.04 Å². The molecule has 0 spiro atoms. The summed E-state index contributed by atoms with van der Waals surface area (Å²) in [5.74, 6) is -4.88. The molecule has 13 heteroatoms. The third-order valence-corrected chi connectivity index (χ3v) is 4.73. The largest absolute Gasteiger partial charge is 0.480 e. The molecule has 30 heavy (non-hydrogen) atoms. The Morgan fingerprint density at radius 2 is 1.70 bits per heavy atom. The van der Waals surface area contributed by atoms with Crippen LogP contribution in [-0.4, -0.2) is 92.7 Å². The van der Waals surface area contributed by atoms with Crippen LogP contribution in [0.2, 0.25) is 0 Å². The van der Waals surface area contributed by atoms with Crippen LogP contribution in [0.5, 0.6) is 0 Å². The molecule has 0 aromatic rings. The molecule has 6 atom stereocenters. The number of nitrogens with one attached hydrogen (secondary N) is 2. The van der Waals surface area contributed by atoms with Gasteiger partial charge in [-0.05, 0) is 26.7 Å². The molecule has 0 saturated carbocycles. The number of likely N-dealkylation sites (tertiary alicyclic amines) is 1. The van der Waals surface area contributed by atoms with Gasteiger partial charge >= 0.3 is 5.97 Å². The molecule has 0 aliphatic carbocycles. The lowest BCUT2D eigenvalue weighted by molar-refractivity contribution is -0.146. The van der Waals surface area contributed by atoms with Crippen LogP contribution in [0.25, 0.3) is 0 Å². The second kappa shape index (κ2) is 10.8. The molecule has 0 aromatic carbocycles. The van der Waals surface area contributed by atoms with Crippen molar-refractivity contribution in [2.24, 2.45) is 11.5 Å². The normalized spacial score (nSPS) is 21.1. The van der Waals surface area contributed by atoms with E-state index in [1.165, 1.54) is 11.8 Å². The van der Waals surface area contributed by atoms with Gasteiger partial charge in [0.2, 0.25) is 23.6 Å². The number of aliphatic hydroxyl groups is 2. The van der Waals surface area contributed by atoms with Crippen LogP contribution in [0.4, 0.5) is 0 Å². The number of nitrogens with zero attached hydrogens (tertiary/aromatic N) is 1. The minimum atomic E-state index is -1.67. The summed E-state index contributed by atoms with van der Waals surface area (Å²) in [5.41, 5.74) is 10.8. The van der Waals surface area contributed by atoms with Crippen molar-refractivity contribution in [3.8, 4) is 0 Å². The highest BCUT2D eigenvalue weighted by Crippen LogP contribution is 2.19. The van der Waals surface area contributed by atoms with Gasteiger partial charge in [-0.15, -0.1) is 0 Å². The van der Waals surface area contributed by atoms with Crippen LogP contribution < -0.4 is 22.1 Å². The molecule has 4 amide bonds. The average Bonchev–Trinajstić information content (AvgIpc) is 3.12. The first kappa shape index (κ1) is 25.3. The van der Waals surface area contributed by atoms with Crippen molar-refractivity contribution in [2.75, 3.05) is 6.54 Å². The zero-order valence-corrected chi connectivity index (χ0v) is 16.8. The quantitative estimate of drug-likeness (QED) is 0.178. The molecule has 1 fully saturated rings. The Balaban J connectivity index is 2.94. The van der Waals surface area contributed by atoms with Crippen molar-refractivity contribution in [1.82, 2.24) is 15.5 Å². The first-order valence-corrected chi connectivity index (χ1v) is 9.40. The number of carboxylic acids is 1. The molecule has 170 valence electrons. The number of nitrogens with two attached hydrogens (primary N) is 2. The molecule has 1 saturated heterocycles. The van der Waals surface area contributed by atoms with Gasteiger partial charge in [-0.2, -0.15) is 0 Å². The van der Waals surface area contributed by atoms with Crippen molar-refractivity contribution >= 4 is 29.6 Å². The SMILES string of the molecule is CC(O)C(N)C(=O)N1CCCC1C(=O)NC(CC(N)=O)C(=O)NC(C(=O)O)C(C)O. The number of aliphatic carboxylic acids is 1. The molecule has 1 heterocycles. The highest BCUT2D eigenvalue weighted by Gasteiger charge is 2.39. The number of hydrogen-bond donors (Lipinski definition) is 7. The van der Waals surface area contributed by atoms with E-state index in [9.17, 15) is 34.2 Å². The van der Waals surface area contributed by atoms with Crippen molar-refractivity contribution < 1.29 is 39.3 Å². The van der Waals surface area contributed by atoms with Crippen molar-refractivity contribution in [1.29, 1.82) is 0 Å². The van der Waals surface area contributed by atoms with Gasteiger partial charge in [0, 0.05) is 6.54 Å². The van der Waals surface area contributed by atoms with E-state index in [1.807, 2.05) is 5.32 Å². The Hall–Kier alpha value is -2.77. The smallest absolute Gasteiger partial charge is 0.328 e. The van der Waals surface area contributed by atoms with Crippen molar-refractivity contribution in [3.05, 3.63) is 0 Å². The number of primary amides is 1. The average molecular weight is 431 g/mol. The zero-order chi connectivity index (χ0) is 23.2. The fourth-order valence-corrected chi connectivity index (χ4v) is 3.02. The lowest BCUT2D eigenvalue weighted by Gasteiger charge is -2.29. The maximum absolute atomic E-state index is 12.7. The molecule has 1 aliphatic rings. The van der Waals surface area contributed by atoms with E-state index in [-0.39, 0.29) is 13.0 Å². The third-order valence-electron chi connectivity index (χ3n) is 4.73. The van der Waals surface area contributed by atoms with Crippen LogP contribution >= 0.6 is 0 Å². The van der Waals surface area contributed by atoms with Gasteiger partial charge in [-0.3, -0.25) is 19.2 Å². The van der Waals surface area contributed by atoms with E-state index in [0.29, 0.717) is 6.42 Å². The fraction of sp³-hybridized carbons (Fsp3) is 0.706. The second-order valence-electron chi connectivity index (χ2n) is 7.25. The first-order valence-electron chi connectivity index (χ1n) is 9.40. The molecular weight excluding hydrogens is 402 g/mol. The number of aliphatic hydroxyl groups excluding tert-OH is 2. The molecule has 13 nitrogen and oxygen atoms in total. The van der Waals surface area contributed by atoms with Gasteiger partial charge in [-0.1, -0.05) is 0 Å². The topological polar surface area (TPSA) is 225 Å². The number of carbonyl (C=O) groups excluding carboxylic acids is 4. The summed E-state index contributed by atoms with van der Waals surface area (Å²) in [6, 6.07) is -5.40. The van der Waals surface area contributed by atoms with Gasteiger partial charge in [0.25, 0.3) is 0 Å². The zero-order valence-electron chi connectivity index (χ0n) is 16.8. The van der Waals surface area contributed by atoms with Gasteiger partial charge in [-0.25, -0.2) is 4.79 Å².